The van der Waals surface area contributed by atoms with Gasteiger partial charge in [0.1, 0.15) is 0 Å². The van der Waals surface area contributed by atoms with Crippen molar-refractivity contribution in [3.8, 4) is 0 Å². The standard InChI is InChI=1S/C16H18OS/c1-12-10-14(13-6-3-2-4-7-13)11-15(17-12)16-8-5-9-18-16/h2-9,12,14-15H,10-11H2,1H3/t12-,14+,15+/m1/s1. The monoisotopic (exact) mass is 258 g/mol. The first kappa shape index (κ1) is 11.9. The highest BCUT2D eigenvalue weighted by Crippen LogP contribution is 2.41. The number of benzene rings is 1. The van der Waals surface area contributed by atoms with Crippen LogP contribution in [0, 0.1) is 0 Å². The number of hydrogen-bond donors (Lipinski definition) is 0. The van der Waals surface area contributed by atoms with Crippen molar-refractivity contribution < 1.29 is 4.74 Å². The SMILES string of the molecule is C[C@@H]1C[C@H](c2ccccc2)C[C@@H](c2cccs2)O1. The predicted octanol–water partition coefficient (Wildman–Crippen LogP) is 4.77. The third-order valence-electron chi connectivity index (χ3n) is 3.64. The van der Waals surface area contributed by atoms with Crippen molar-refractivity contribution in [2.24, 2.45) is 0 Å². The lowest BCUT2D eigenvalue weighted by Gasteiger charge is -2.33. The second-order valence-electron chi connectivity index (χ2n) is 5.03. The van der Waals surface area contributed by atoms with Gasteiger partial charge in [-0.1, -0.05) is 36.4 Å². The minimum atomic E-state index is 0.277. The third kappa shape index (κ3) is 2.50. The summed E-state index contributed by atoms with van der Waals surface area (Å²) in [5.74, 6) is 0.627. The molecule has 94 valence electrons. The number of ether oxygens (including phenoxy) is 1. The van der Waals surface area contributed by atoms with E-state index in [1.807, 2.05) is 0 Å². The van der Waals surface area contributed by atoms with Gasteiger partial charge in [-0.3, -0.25) is 0 Å². The lowest BCUT2D eigenvalue weighted by Crippen LogP contribution is -2.24. The highest BCUT2D eigenvalue weighted by Gasteiger charge is 2.29. The number of hydrogen-bond acceptors (Lipinski definition) is 2. The fraction of sp³-hybridized carbons (Fsp3) is 0.375. The van der Waals surface area contributed by atoms with Crippen molar-refractivity contribution in [3.63, 3.8) is 0 Å². The molecule has 2 aromatic rings. The molecule has 18 heavy (non-hydrogen) atoms. The van der Waals surface area contributed by atoms with Gasteiger partial charge in [-0.2, -0.15) is 0 Å². The van der Waals surface area contributed by atoms with Gasteiger partial charge in [0.05, 0.1) is 12.2 Å². The largest absolute Gasteiger partial charge is 0.370 e. The second-order valence-corrected chi connectivity index (χ2v) is 6.01. The van der Waals surface area contributed by atoms with Crippen LogP contribution in [0.4, 0.5) is 0 Å². The Bertz CT molecular complexity index is 477. The smallest absolute Gasteiger partial charge is 0.0926 e. The van der Waals surface area contributed by atoms with Gasteiger partial charge in [0.2, 0.25) is 0 Å². The Kier molecular flexibility index (Phi) is 3.48. The summed E-state index contributed by atoms with van der Waals surface area (Å²) in [6, 6.07) is 15.1. The highest BCUT2D eigenvalue weighted by atomic mass is 32.1. The highest BCUT2D eigenvalue weighted by molar-refractivity contribution is 7.10. The molecular weight excluding hydrogens is 240 g/mol. The van der Waals surface area contributed by atoms with E-state index >= 15 is 0 Å². The lowest BCUT2D eigenvalue weighted by molar-refractivity contribution is -0.0482. The summed E-state index contributed by atoms with van der Waals surface area (Å²) in [6.45, 7) is 2.19. The van der Waals surface area contributed by atoms with Crippen molar-refractivity contribution in [2.45, 2.75) is 37.9 Å². The van der Waals surface area contributed by atoms with Crippen molar-refractivity contribution in [1.82, 2.24) is 0 Å². The first-order chi connectivity index (χ1) is 8.83. The van der Waals surface area contributed by atoms with Gasteiger partial charge in [0.25, 0.3) is 0 Å². The van der Waals surface area contributed by atoms with Gasteiger partial charge in [0, 0.05) is 4.88 Å². The Balaban J connectivity index is 1.81. The molecule has 0 unspecified atom stereocenters. The quantitative estimate of drug-likeness (QED) is 0.753. The Morgan fingerprint density at radius 1 is 1.06 bits per heavy atom. The molecule has 3 rings (SSSR count). The molecule has 0 amide bonds. The molecule has 1 aliphatic rings. The molecule has 0 saturated carbocycles. The van der Waals surface area contributed by atoms with E-state index in [1.54, 1.807) is 11.3 Å². The Morgan fingerprint density at radius 3 is 2.61 bits per heavy atom. The summed E-state index contributed by atoms with van der Waals surface area (Å²) >= 11 is 1.80. The summed E-state index contributed by atoms with van der Waals surface area (Å²) in [5.41, 5.74) is 1.45. The van der Waals surface area contributed by atoms with E-state index in [1.165, 1.54) is 10.4 Å². The summed E-state index contributed by atoms with van der Waals surface area (Å²) in [4.78, 5) is 1.36. The summed E-state index contributed by atoms with van der Waals surface area (Å²) < 4.78 is 6.09. The van der Waals surface area contributed by atoms with E-state index in [0.717, 1.165) is 12.8 Å². The van der Waals surface area contributed by atoms with Crippen molar-refractivity contribution in [2.75, 3.05) is 0 Å². The van der Waals surface area contributed by atoms with Crippen LogP contribution in [0.2, 0.25) is 0 Å². The predicted molar refractivity (Wildman–Crippen MR) is 76.0 cm³/mol. The van der Waals surface area contributed by atoms with Crippen LogP contribution < -0.4 is 0 Å². The minimum absolute atomic E-state index is 0.277. The van der Waals surface area contributed by atoms with Gasteiger partial charge in [-0.15, -0.1) is 11.3 Å². The first-order valence-electron chi connectivity index (χ1n) is 6.56. The molecule has 1 saturated heterocycles. The average molecular weight is 258 g/mol. The average Bonchev–Trinajstić information content (AvgIpc) is 2.93. The molecule has 1 nitrogen and oxygen atoms in total. The number of rotatable bonds is 2. The van der Waals surface area contributed by atoms with Crippen LogP contribution in [-0.2, 0) is 4.74 Å². The minimum Gasteiger partial charge on any atom is -0.370 e. The second kappa shape index (κ2) is 5.25. The van der Waals surface area contributed by atoms with Gasteiger partial charge < -0.3 is 4.74 Å². The van der Waals surface area contributed by atoms with Gasteiger partial charge in [-0.25, -0.2) is 0 Å². The molecule has 1 aromatic heterocycles. The van der Waals surface area contributed by atoms with Gasteiger partial charge in [-0.05, 0) is 42.7 Å². The zero-order valence-electron chi connectivity index (χ0n) is 10.6. The fourth-order valence-electron chi connectivity index (χ4n) is 2.80. The van der Waals surface area contributed by atoms with E-state index in [-0.39, 0.29) is 6.10 Å². The van der Waals surface area contributed by atoms with Crippen LogP contribution >= 0.6 is 11.3 Å². The van der Waals surface area contributed by atoms with Crippen molar-refractivity contribution in [1.29, 1.82) is 0 Å². The molecule has 3 atom stereocenters. The van der Waals surface area contributed by atoms with Crippen LogP contribution in [0.15, 0.2) is 47.8 Å². The molecule has 1 aromatic carbocycles. The zero-order chi connectivity index (χ0) is 12.4. The number of thiophene rings is 1. The molecule has 0 N–H and O–H groups in total. The molecule has 0 aliphatic carbocycles. The maximum absolute atomic E-state index is 6.09. The first-order valence-corrected chi connectivity index (χ1v) is 7.44. The van der Waals surface area contributed by atoms with Crippen LogP contribution in [0.3, 0.4) is 0 Å². The Labute approximate surface area is 112 Å². The molecule has 1 aliphatic heterocycles. The molecule has 1 fully saturated rings. The zero-order valence-corrected chi connectivity index (χ0v) is 11.4. The van der Waals surface area contributed by atoms with Crippen molar-refractivity contribution in [3.05, 3.63) is 58.3 Å². The summed E-state index contributed by atoms with van der Waals surface area (Å²) in [7, 11) is 0. The van der Waals surface area contributed by atoms with Crippen LogP contribution in [0.25, 0.3) is 0 Å². The van der Waals surface area contributed by atoms with E-state index in [2.05, 4.69) is 54.8 Å². The van der Waals surface area contributed by atoms with Crippen LogP contribution in [-0.4, -0.2) is 6.10 Å². The molecule has 2 heterocycles. The molecule has 2 heteroatoms. The normalized spacial score (nSPS) is 28.2. The maximum atomic E-state index is 6.09. The van der Waals surface area contributed by atoms with Crippen LogP contribution in [0.1, 0.15) is 42.2 Å². The fourth-order valence-corrected chi connectivity index (χ4v) is 3.58. The van der Waals surface area contributed by atoms with E-state index in [9.17, 15) is 0 Å². The van der Waals surface area contributed by atoms with Crippen molar-refractivity contribution >= 4 is 11.3 Å². The molecule has 0 spiro atoms. The van der Waals surface area contributed by atoms with Gasteiger partial charge in [0.15, 0.2) is 0 Å². The molecular formula is C16H18OS. The molecule has 0 radical (unpaired) electrons. The third-order valence-corrected chi connectivity index (χ3v) is 4.61. The summed E-state index contributed by atoms with van der Waals surface area (Å²) in [6.07, 6.45) is 2.86. The van der Waals surface area contributed by atoms with E-state index in [0.29, 0.717) is 12.0 Å². The molecule has 0 bridgehead atoms. The Hall–Kier alpha value is -1.12. The maximum Gasteiger partial charge on any atom is 0.0926 e. The van der Waals surface area contributed by atoms with E-state index in [4.69, 9.17) is 4.74 Å². The summed E-state index contributed by atoms with van der Waals surface area (Å²) in [5, 5.41) is 2.13. The lowest BCUT2D eigenvalue weighted by atomic mass is 9.86. The van der Waals surface area contributed by atoms with E-state index < -0.39 is 0 Å². The Morgan fingerprint density at radius 2 is 1.89 bits per heavy atom. The van der Waals surface area contributed by atoms with Gasteiger partial charge >= 0.3 is 0 Å². The van der Waals surface area contributed by atoms with Crippen LogP contribution in [0.5, 0.6) is 0 Å². The topological polar surface area (TPSA) is 9.23 Å².